The molecule has 1 aliphatic heterocycles. The molecule has 0 unspecified atom stereocenters. The Bertz CT molecular complexity index is 687. The van der Waals surface area contributed by atoms with Crippen LogP contribution in [0.25, 0.3) is 11.1 Å². The molecule has 7 heteroatoms. The first-order chi connectivity index (χ1) is 11.0. The Morgan fingerprint density at radius 3 is 2.70 bits per heavy atom. The number of nitrogens with zero attached hydrogens (tertiary/aromatic N) is 1. The van der Waals surface area contributed by atoms with Crippen LogP contribution < -0.4 is 4.74 Å². The van der Waals surface area contributed by atoms with Gasteiger partial charge in [-0.05, 0) is 23.8 Å². The summed E-state index contributed by atoms with van der Waals surface area (Å²) in [5, 5.41) is 29.2. The fourth-order valence-corrected chi connectivity index (χ4v) is 3.46. The average Bonchev–Trinajstić information content (AvgIpc) is 2.56. The van der Waals surface area contributed by atoms with Crippen LogP contribution in [0, 0.1) is 5.82 Å². The third kappa shape index (κ3) is 3.64. The van der Waals surface area contributed by atoms with Crippen molar-refractivity contribution in [3.8, 4) is 16.9 Å². The molecule has 0 amide bonds. The van der Waals surface area contributed by atoms with E-state index in [0.29, 0.717) is 11.3 Å². The summed E-state index contributed by atoms with van der Waals surface area (Å²) in [6.45, 7) is 0. The molecule has 2 aromatic rings. The molecule has 4 atom stereocenters. The van der Waals surface area contributed by atoms with E-state index in [9.17, 15) is 19.7 Å². The fraction of sp³-hybridized carbons (Fsp3) is 0.312. The van der Waals surface area contributed by atoms with Crippen LogP contribution in [0.1, 0.15) is 0 Å². The zero-order chi connectivity index (χ0) is 16.4. The third-order valence-electron chi connectivity index (χ3n) is 3.58. The predicted octanol–water partition coefficient (Wildman–Crippen LogP) is 1.42. The Morgan fingerprint density at radius 2 is 1.91 bits per heavy atom. The molecule has 1 aromatic heterocycles. The molecule has 1 saturated heterocycles. The molecule has 23 heavy (non-hydrogen) atoms. The van der Waals surface area contributed by atoms with Gasteiger partial charge in [0, 0.05) is 17.5 Å². The molecule has 3 N–H and O–H groups in total. The number of thioether (sulfide) groups is 1. The third-order valence-corrected chi connectivity index (χ3v) is 4.82. The minimum absolute atomic E-state index is 0.274. The molecule has 0 aliphatic carbocycles. The highest BCUT2D eigenvalue weighted by molar-refractivity contribution is 7.99. The van der Waals surface area contributed by atoms with Gasteiger partial charge in [-0.1, -0.05) is 12.1 Å². The number of ether oxygens (including phenoxy) is 1. The average molecular weight is 337 g/mol. The van der Waals surface area contributed by atoms with E-state index in [-0.39, 0.29) is 5.75 Å². The minimum Gasteiger partial charge on any atom is -0.477 e. The highest BCUT2D eigenvalue weighted by Gasteiger charge is 2.38. The lowest BCUT2D eigenvalue weighted by Crippen LogP contribution is -2.50. The van der Waals surface area contributed by atoms with Crippen molar-refractivity contribution in [1.29, 1.82) is 0 Å². The van der Waals surface area contributed by atoms with Crippen LogP contribution in [-0.2, 0) is 0 Å². The van der Waals surface area contributed by atoms with Crippen LogP contribution in [0.15, 0.2) is 42.7 Å². The van der Waals surface area contributed by atoms with Gasteiger partial charge in [-0.25, -0.2) is 4.39 Å². The van der Waals surface area contributed by atoms with Crippen LogP contribution in [0.2, 0.25) is 0 Å². The van der Waals surface area contributed by atoms with E-state index < -0.39 is 29.6 Å². The standard InChI is InChI=1S/C16H16FNO4S/c17-11-4-10(6-18-7-11)9-2-1-3-12(5-9)22-16-15(21)14(20)13(19)8-23-16/h1-7,13-16,19-21H,8H2/t13-,14+,15-,16+/m1/s1. The van der Waals surface area contributed by atoms with E-state index >= 15 is 0 Å². The Balaban J connectivity index is 1.78. The van der Waals surface area contributed by atoms with E-state index in [2.05, 4.69) is 4.98 Å². The van der Waals surface area contributed by atoms with Crippen molar-refractivity contribution in [3.05, 3.63) is 48.5 Å². The van der Waals surface area contributed by atoms with Crippen LogP contribution in [0.3, 0.4) is 0 Å². The molecule has 1 fully saturated rings. The highest BCUT2D eigenvalue weighted by Crippen LogP contribution is 2.31. The lowest BCUT2D eigenvalue weighted by molar-refractivity contribution is -0.0786. The van der Waals surface area contributed by atoms with Crippen LogP contribution >= 0.6 is 11.8 Å². The number of rotatable bonds is 3. The normalized spacial score (nSPS) is 27.7. The lowest BCUT2D eigenvalue weighted by Gasteiger charge is -2.34. The van der Waals surface area contributed by atoms with Crippen molar-refractivity contribution >= 4 is 11.8 Å². The van der Waals surface area contributed by atoms with Gasteiger partial charge in [0.2, 0.25) is 0 Å². The van der Waals surface area contributed by atoms with E-state index in [1.807, 2.05) is 0 Å². The van der Waals surface area contributed by atoms with Gasteiger partial charge >= 0.3 is 0 Å². The monoisotopic (exact) mass is 337 g/mol. The van der Waals surface area contributed by atoms with Crippen LogP contribution in [-0.4, -0.2) is 49.8 Å². The SMILES string of the molecule is O[C@@H]1[C@@H](O)[C@@H](Oc2cccc(-c3cncc(F)c3)c2)SC[C@H]1O. The Labute approximate surface area is 136 Å². The van der Waals surface area contributed by atoms with Gasteiger partial charge in [0.15, 0.2) is 5.44 Å². The van der Waals surface area contributed by atoms with Gasteiger partial charge in [-0.15, -0.1) is 11.8 Å². The maximum Gasteiger partial charge on any atom is 0.173 e. The minimum atomic E-state index is -1.24. The number of benzene rings is 1. The van der Waals surface area contributed by atoms with Crippen molar-refractivity contribution in [2.75, 3.05) is 5.75 Å². The second-order valence-corrected chi connectivity index (χ2v) is 6.42. The number of aliphatic hydroxyl groups excluding tert-OH is 3. The number of aromatic nitrogens is 1. The second kappa shape index (κ2) is 6.84. The molecular formula is C16H16FNO4S. The van der Waals surface area contributed by atoms with Crippen molar-refractivity contribution in [3.63, 3.8) is 0 Å². The van der Waals surface area contributed by atoms with E-state index in [1.54, 1.807) is 30.5 Å². The first kappa shape index (κ1) is 16.2. The topological polar surface area (TPSA) is 82.8 Å². The fourth-order valence-electron chi connectivity index (χ4n) is 2.34. The zero-order valence-electron chi connectivity index (χ0n) is 12.0. The maximum atomic E-state index is 13.3. The molecule has 1 aliphatic rings. The first-order valence-electron chi connectivity index (χ1n) is 7.08. The molecule has 0 bridgehead atoms. The number of hydrogen-bond donors (Lipinski definition) is 3. The number of halogens is 1. The van der Waals surface area contributed by atoms with Gasteiger partial charge < -0.3 is 20.1 Å². The largest absolute Gasteiger partial charge is 0.477 e. The maximum absolute atomic E-state index is 13.3. The molecular weight excluding hydrogens is 321 g/mol. The molecule has 3 rings (SSSR count). The zero-order valence-corrected chi connectivity index (χ0v) is 12.9. The quantitative estimate of drug-likeness (QED) is 0.786. The van der Waals surface area contributed by atoms with Crippen molar-refractivity contribution in [2.45, 2.75) is 23.7 Å². The lowest BCUT2D eigenvalue weighted by atomic mass is 10.1. The molecule has 0 saturated carbocycles. The summed E-state index contributed by atoms with van der Waals surface area (Å²) >= 11 is 1.23. The molecule has 5 nitrogen and oxygen atoms in total. The van der Waals surface area contributed by atoms with E-state index in [0.717, 1.165) is 11.8 Å². The summed E-state index contributed by atoms with van der Waals surface area (Å²) in [4.78, 5) is 3.82. The number of hydrogen-bond acceptors (Lipinski definition) is 6. The van der Waals surface area contributed by atoms with E-state index in [1.165, 1.54) is 17.8 Å². The second-order valence-electron chi connectivity index (χ2n) is 5.29. The Morgan fingerprint density at radius 1 is 1.09 bits per heavy atom. The van der Waals surface area contributed by atoms with Gasteiger partial charge in [0.25, 0.3) is 0 Å². The summed E-state index contributed by atoms with van der Waals surface area (Å²) < 4.78 is 19.0. The van der Waals surface area contributed by atoms with Gasteiger partial charge in [-0.3, -0.25) is 4.98 Å². The van der Waals surface area contributed by atoms with Gasteiger partial charge in [0.1, 0.15) is 23.8 Å². The number of pyridine rings is 1. The molecule has 1 aromatic carbocycles. The smallest absolute Gasteiger partial charge is 0.173 e. The first-order valence-corrected chi connectivity index (χ1v) is 8.13. The summed E-state index contributed by atoms with van der Waals surface area (Å²) in [6, 6.07) is 8.34. The predicted molar refractivity (Wildman–Crippen MR) is 84.5 cm³/mol. The van der Waals surface area contributed by atoms with Crippen LogP contribution in [0.5, 0.6) is 5.75 Å². The van der Waals surface area contributed by atoms with Gasteiger partial charge in [-0.2, -0.15) is 0 Å². The molecule has 0 spiro atoms. The summed E-state index contributed by atoms with van der Waals surface area (Å²) in [5.41, 5.74) is 0.655. The highest BCUT2D eigenvalue weighted by atomic mass is 32.2. The molecule has 0 radical (unpaired) electrons. The van der Waals surface area contributed by atoms with Crippen molar-refractivity contribution in [2.24, 2.45) is 0 Å². The molecule has 122 valence electrons. The molecule has 2 heterocycles. The van der Waals surface area contributed by atoms with Crippen molar-refractivity contribution < 1.29 is 24.4 Å². The van der Waals surface area contributed by atoms with E-state index in [4.69, 9.17) is 4.74 Å². The number of aliphatic hydroxyl groups is 3. The Hall–Kier alpha value is -1.67. The summed E-state index contributed by atoms with van der Waals surface area (Å²) in [6.07, 6.45) is -0.724. The summed E-state index contributed by atoms with van der Waals surface area (Å²) in [5.74, 6) is 0.326. The Kier molecular flexibility index (Phi) is 4.82. The van der Waals surface area contributed by atoms with Gasteiger partial charge in [0.05, 0.1) is 12.3 Å². The summed E-state index contributed by atoms with van der Waals surface area (Å²) in [7, 11) is 0. The van der Waals surface area contributed by atoms with Crippen LogP contribution in [0.4, 0.5) is 4.39 Å². The van der Waals surface area contributed by atoms with Crippen molar-refractivity contribution in [1.82, 2.24) is 4.98 Å².